The van der Waals surface area contributed by atoms with E-state index in [2.05, 4.69) is 27.7 Å². The maximum absolute atomic E-state index is 6.30. The van der Waals surface area contributed by atoms with Crippen LogP contribution < -0.4 is 5.73 Å². The van der Waals surface area contributed by atoms with Gasteiger partial charge in [0.25, 0.3) is 0 Å². The van der Waals surface area contributed by atoms with Crippen LogP contribution in [0.25, 0.3) is 0 Å². The molecule has 0 aliphatic carbocycles. The Balaban J connectivity index is 4.42. The van der Waals surface area contributed by atoms with Crippen LogP contribution in [-0.4, -0.2) is 13.7 Å². The first-order valence-corrected chi connectivity index (χ1v) is 8.62. The molecule has 0 aromatic heterocycles. The fraction of sp³-hybridized carbons (Fsp3) is 1.00. The van der Waals surface area contributed by atoms with Crippen molar-refractivity contribution in [3.8, 4) is 0 Å². The highest BCUT2D eigenvalue weighted by Crippen LogP contribution is 2.28. The standard InChI is InChI=1S/C11H27NSi/c1-5-9-13(8-4,10-6-2)11(12)7-3/h11H,5-10,12H2,1-4H3. The smallest absolute Gasteiger partial charge is 0.0720 e. The maximum atomic E-state index is 6.30. The molecule has 2 N–H and O–H groups in total. The van der Waals surface area contributed by atoms with Gasteiger partial charge in [0.2, 0.25) is 0 Å². The average Bonchev–Trinajstić information content (AvgIpc) is 2.16. The van der Waals surface area contributed by atoms with Crippen molar-refractivity contribution in [2.24, 2.45) is 5.73 Å². The molecule has 1 unspecified atom stereocenters. The molecule has 0 saturated carbocycles. The minimum absolute atomic E-state index is 0.539. The number of nitrogens with two attached hydrogens (primary N) is 1. The van der Waals surface area contributed by atoms with Crippen LogP contribution in [0, 0.1) is 0 Å². The zero-order valence-corrected chi connectivity index (χ0v) is 10.9. The summed E-state index contributed by atoms with van der Waals surface area (Å²) in [5.41, 5.74) is 6.84. The Kier molecular flexibility index (Phi) is 6.69. The van der Waals surface area contributed by atoms with E-state index in [1.54, 1.807) is 0 Å². The summed E-state index contributed by atoms with van der Waals surface area (Å²) >= 11 is 0. The topological polar surface area (TPSA) is 26.0 Å². The Labute approximate surface area is 85.1 Å². The summed E-state index contributed by atoms with van der Waals surface area (Å²) in [6, 6.07) is 4.25. The number of hydrogen-bond acceptors (Lipinski definition) is 1. The molecule has 0 aromatic carbocycles. The summed E-state index contributed by atoms with van der Waals surface area (Å²) in [6.45, 7) is 9.20. The Morgan fingerprint density at radius 3 is 1.69 bits per heavy atom. The zero-order valence-electron chi connectivity index (χ0n) is 9.90. The van der Waals surface area contributed by atoms with E-state index >= 15 is 0 Å². The zero-order chi connectivity index (χ0) is 10.3. The molecule has 13 heavy (non-hydrogen) atoms. The maximum Gasteiger partial charge on any atom is 0.0720 e. The highest BCUT2D eigenvalue weighted by atomic mass is 28.3. The number of hydrogen-bond donors (Lipinski definition) is 1. The van der Waals surface area contributed by atoms with Crippen LogP contribution >= 0.6 is 0 Å². The van der Waals surface area contributed by atoms with E-state index in [0.29, 0.717) is 5.67 Å². The van der Waals surface area contributed by atoms with Crippen molar-refractivity contribution in [3.05, 3.63) is 0 Å². The number of rotatable bonds is 7. The molecule has 0 aliphatic rings. The molecule has 0 rings (SSSR count). The minimum Gasteiger partial charge on any atom is -0.330 e. The lowest BCUT2D eigenvalue weighted by molar-refractivity contribution is 0.771. The molecule has 0 aromatic rings. The monoisotopic (exact) mass is 201 g/mol. The Bertz CT molecular complexity index is 119. The van der Waals surface area contributed by atoms with Crippen LogP contribution in [0.3, 0.4) is 0 Å². The van der Waals surface area contributed by atoms with Crippen molar-refractivity contribution in [3.63, 3.8) is 0 Å². The van der Waals surface area contributed by atoms with Crippen LogP contribution in [0.15, 0.2) is 0 Å². The molecular weight excluding hydrogens is 174 g/mol. The SMILES string of the molecule is CCC[Si](CC)(CCC)C(N)CC. The lowest BCUT2D eigenvalue weighted by atomic mass is 10.5. The van der Waals surface area contributed by atoms with Gasteiger partial charge in [-0.3, -0.25) is 0 Å². The Hall–Kier alpha value is 0.177. The molecular formula is C11H27NSi. The Morgan fingerprint density at radius 2 is 1.46 bits per heavy atom. The van der Waals surface area contributed by atoms with Gasteiger partial charge < -0.3 is 5.73 Å². The van der Waals surface area contributed by atoms with Gasteiger partial charge in [-0.15, -0.1) is 0 Å². The summed E-state index contributed by atoms with van der Waals surface area (Å²) < 4.78 is 0. The van der Waals surface area contributed by atoms with Gasteiger partial charge >= 0.3 is 0 Å². The second-order valence-electron chi connectivity index (χ2n) is 4.23. The largest absolute Gasteiger partial charge is 0.330 e. The molecule has 0 fully saturated rings. The molecule has 0 radical (unpaired) electrons. The van der Waals surface area contributed by atoms with E-state index in [9.17, 15) is 0 Å². The van der Waals surface area contributed by atoms with Crippen molar-refractivity contribution in [2.45, 2.75) is 70.8 Å². The summed E-state index contributed by atoms with van der Waals surface area (Å²) in [7, 11) is -1.10. The van der Waals surface area contributed by atoms with Crippen molar-refractivity contribution < 1.29 is 0 Å². The molecule has 0 saturated heterocycles. The summed E-state index contributed by atoms with van der Waals surface area (Å²) in [5.74, 6) is 0. The highest BCUT2D eigenvalue weighted by molar-refractivity contribution is 6.81. The molecule has 1 nitrogen and oxygen atoms in total. The van der Waals surface area contributed by atoms with Gasteiger partial charge in [-0.05, 0) is 12.1 Å². The fourth-order valence-corrected chi connectivity index (χ4v) is 7.62. The lowest BCUT2D eigenvalue weighted by Crippen LogP contribution is -2.51. The van der Waals surface area contributed by atoms with Gasteiger partial charge in [0.05, 0.1) is 8.07 Å². The van der Waals surface area contributed by atoms with E-state index < -0.39 is 8.07 Å². The average molecular weight is 201 g/mol. The molecule has 0 aliphatic heterocycles. The third kappa shape index (κ3) is 3.43. The molecule has 0 heterocycles. The van der Waals surface area contributed by atoms with Gasteiger partial charge in [0, 0.05) is 0 Å². The van der Waals surface area contributed by atoms with Gasteiger partial charge in [0.1, 0.15) is 0 Å². The predicted octanol–water partition coefficient (Wildman–Crippen LogP) is 3.55. The van der Waals surface area contributed by atoms with Gasteiger partial charge in [0.15, 0.2) is 0 Å². The normalized spacial score (nSPS) is 14.5. The quantitative estimate of drug-likeness (QED) is 0.626. The molecule has 0 spiro atoms. The van der Waals surface area contributed by atoms with Gasteiger partial charge in [-0.25, -0.2) is 0 Å². The second kappa shape index (κ2) is 6.60. The van der Waals surface area contributed by atoms with Crippen LogP contribution in [0.5, 0.6) is 0 Å². The van der Waals surface area contributed by atoms with E-state index in [1.165, 1.54) is 37.4 Å². The second-order valence-corrected chi connectivity index (χ2v) is 9.40. The fourth-order valence-electron chi connectivity index (χ4n) is 2.54. The molecule has 1 atom stereocenters. The molecule has 80 valence electrons. The first-order valence-electron chi connectivity index (χ1n) is 5.92. The third-order valence-electron chi connectivity index (χ3n) is 3.43. The summed E-state index contributed by atoms with van der Waals surface area (Å²) in [5, 5.41) is 0. The molecule has 0 amide bonds. The summed E-state index contributed by atoms with van der Waals surface area (Å²) in [6.07, 6.45) is 3.83. The van der Waals surface area contributed by atoms with Crippen LogP contribution in [0.1, 0.15) is 47.0 Å². The summed E-state index contributed by atoms with van der Waals surface area (Å²) in [4.78, 5) is 0. The van der Waals surface area contributed by atoms with Crippen LogP contribution in [0.4, 0.5) is 0 Å². The van der Waals surface area contributed by atoms with E-state index in [1.807, 2.05) is 0 Å². The lowest BCUT2D eigenvalue weighted by Gasteiger charge is -2.35. The van der Waals surface area contributed by atoms with Crippen molar-refractivity contribution in [1.29, 1.82) is 0 Å². The predicted molar refractivity (Wildman–Crippen MR) is 64.7 cm³/mol. The van der Waals surface area contributed by atoms with E-state index in [4.69, 9.17) is 5.73 Å². The minimum atomic E-state index is -1.10. The Morgan fingerprint density at radius 1 is 1.00 bits per heavy atom. The van der Waals surface area contributed by atoms with Crippen LogP contribution in [0.2, 0.25) is 18.1 Å². The third-order valence-corrected chi connectivity index (χ3v) is 9.81. The van der Waals surface area contributed by atoms with E-state index in [-0.39, 0.29) is 0 Å². The first-order chi connectivity index (χ1) is 6.16. The first kappa shape index (κ1) is 13.2. The highest BCUT2D eigenvalue weighted by Gasteiger charge is 2.34. The van der Waals surface area contributed by atoms with Crippen molar-refractivity contribution in [1.82, 2.24) is 0 Å². The van der Waals surface area contributed by atoms with E-state index in [0.717, 1.165) is 0 Å². The van der Waals surface area contributed by atoms with Crippen molar-refractivity contribution >= 4 is 8.07 Å². The van der Waals surface area contributed by atoms with Crippen LogP contribution in [-0.2, 0) is 0 Å². The van der Waals surface area contributed by atoms with Gasteiger partial charge in [-0.1, -0.05) is 58.7 Å². The molecule has 2 heteroatoms. The van der Waals surface area contributed by atoms with Crippen molar-refractivity contribution in [2.75, 3.05) is 0 Å². The molecule has 0 bridgehead atoms. The van der Waals surface area contributed by atoms with Gasteiger partial charge in [-0.2, -0.15) is 0 Å².